The molecule has 1 unspecified atom stereocenters. The summed E-state index contributed by atoms with van der Waals surface area (Å²) in [6, 6.07) is 1.87. The van der Waals surface area contributed by atoms with Crippen molar-refractivity contribution in [3.05, 3.63) is 21.4 Å². The highest BCUT2D eigenvalue weighted by Gasteiger charge is 2.12. The van der Waals surface area contributed by atoms with Crippen LogP contribution in [0.2, 0.25) is 0 Å². The molecule has 1 atom stereocenters. The highest BCUT2D eigenvalue weighted by Crippen LogP contribution is 2.25. The van der Waals surface area contributed by atoms with Crippen molar-refractivity contribution in [1.29, 1.82) is 0 Å². The average Bonchev–Trinajstić information content (AvgIpc) is 2.44. The molecule has 0 radical (unpaired) electrons. The summed E-state index contributed by atoms with van der Waals surface area (Å²) in [5.41, 5.74) is 12.0. The lowest BCUT2D eigenvalue weighted by molar-refractivity contribution is -0.122. The van der Waals surface area contributed by atoms with Gasteiger partial charge in [-0.05, 0) is 25.5 Å². The molecule has 0 spiro atoms. The van der Waals surface area contributed by atoms with Crippen molar-refractivity contribution >= 4 is 17.2 Å². The molecule has 0 aliphatic heterocycles. The first kappa shape index (κ1) is 12.2. The number of nitrogens with two attached hydrogens (primary N) is 2. The van der Waals surface area contributed by atoms with Gasteiger partial charge < -0.3 is 16.2 Å². The van der Waals surface area contributed by atoms with Crippen LogP contribution < -0.4 is 11.5 Å². The van der Waals surface area contributed by atoms with E-state index in [-0.39, 0.29) is 12.6 Å². The van der Waals surface area contributed by atoms with Crippen LogP contribution in [0.3, 0.4) is 0 Å². The normalized spacial score (nSPS) is 12.7. The van der Waals surface area contributed by atoms with Crippen molar-refractivity contribution in [2.24, 2.45) is 11.5 Å². The highest BCUT2D eigenvalue weighted by molar-refractivity contribution is 7.12. The monoisotopic (exact) mass is 228 g/mol. The zero-order chi connectivity index (χ0) is 11.4. The van der Waals surface area contributed by atoms with Crippen molar-refractivity contribution in [1.82, 2.24) is 0 Å². The number of carbonyl (C=O) groups is 1. The molecule has 5 heteroatoms. The van der Waals surface area contributed by atoms with Crippen LogP contribution in [0.1, 0.15) is 21.4 Å². The predicted molar refractivity (Wildman–Crippen MR) is 60.7 cm³/mol. The van der Waals surface area contributed by atoms with E-state index in [9.17, 15) is 4.79 Å². The minimum atomic E-state index is -0.472. The third-order valence-electron chi connectivity index (χ3n) is 2.02. The molecular weight excluding hydrogens is 212 g/mol. The van der Waals surface area contributed by atoms with Gasteiger partial charge in [-0.25, -0.2) is 0 Å². The Morgan fingerprint density at radius 2 is 2.27 bits per heavy atom. The first-order valence-electron chi connectivity index (χ1n) is 4.69. The van der Waals surface area contributed by atoms with Crippen LogP contribution in [-0.2, 0) is 9.53 Å². The second-order valence-electron chi connectivity index (χ2n) is 3.46. The zero-order valence-electron chi connectivity index (χ0n) is 8.95. The Labute approximate surface area is 93.2 Å². The standard InChI is InChI=1S/C10H16N2O2S/c1-6-3-8(7(2)15-6)9(11)4-14-5-10(12)13/h3,9H,4-5,11H2,1-2H3,(H2,12,13). The zero-order valence-corrected chi connectivity index (χ0v) is 9.76. The van der Waals surface area contributed by atoms with E-state index < -0.39 is 5.91 Å². The molecule has 1 amide bonds. The van der Waals surface area contributed by atoms with E-state index in [2.05, 4.69) is 6.07 Å². The number of aryl methyl sites for hydroxylation is 2. The van der Waals surface area contributed by atoms with Crippen LogP contribution in [0, 0.1) is 13.8 Å². The van der Waals surface area contributed by atoms with Crippen LogP contribution >= 0.6 is 11.3 Å². The van der Waals surface area contributed by atoms with Crippen molar-refractivity contribution in [2.75, 3.05) is 13.2 Å². The molecule has 4 nitrogen and oxygen atoms in total. The smallest absolute Gasteiger partial charge is 0.243 e. The molecule has 1 rings (SSSR count). The second kappa shape index (κ2) is 5.25. The van der Waals surface area contributed by atoms with E-state index in [1.165, 1.54) is 9.75 Å². The number of primary amides is 1. The number of rotatable bonds is 5. The summed E-state index contributed by atoms with van der Waals surface area (Å²) in [7, 11) is 0. The van der Waals surface area contributed by atoms with Gasteiger partial charge in [-0.2, -0.15) is 0 Å². The number of amides is 1. The summed E-state index contributed by atoms with van der Waals surface area (Å²) in [5, 5.41) is 0. The number of thiophene rings is 1. The molecule has 15 heavy (non-hydrogen) atoms. The summed E-state index contributed by atoms with van der Waals surface area (Å²) < 4.78 is 5.08. The minimum absolute atomic E-state index is 0.0735. The van der Waals surface area contributed by atoms with Crippen LogP contribution in [0.15, 0.2) is 6.07 Å². The van der Waals surface area contributed by atoms with Crippen LogP contribution in [0.5, 0.6) is 0 Å². The van der Waals surface area contributed by atoms with Gasteiger partial charge >= 0.3 is 0 Å². The Morgan fingerprint density at radius 1 is 1.60 bits per heavy atom. The summed E-state index contributed by atoms with van der Waals surface area (Å²) in [6.07, 6.45) is 0. The molecule has 1 aromatic rings. The molecule has 0 bridgehead atoms. The molecular formula is C10H16N2O2S. The summed E-state index contributed by atoms with van der Waals surface area (Å²) >= 11 is 1.71. The SMILES string of the molecule is Cc1cc(C(N)COCC(N)=O)c(C)s1. The third kappa shape index (κ3) is 3.62. The average molecular weight is 228 g/mol. The molecule has 84 valence electrons. The van der Waals surface area contributed by atoms with Crippen molar-refractivity contribution in [3.8, 4) is 0 Å². The molecule has 0 saturated carbocycles. The lowest BCUT2D eigenvalue weighted by atomic mass is 10.1. The fourth-order valence-corrected chi connectivity index (χ4v) is 2.39. The Bertz CT molecular complexity index is 349. The van der Waals surface area contributed by atoms with Crippen LogP contribution in [0.25, 0.3) is 0 Å². The van der Waals surface area contributed by atoms with Crippen molar-refractivity contribution < 1.29 is 9.53 Å². The van der Waals surface area contributed by atoms with E-state index in [0.717, 1.165) is 5.56 Å². The number of carbonyl (C=O) groups excluding carboxylic acids is 1. The van der Waals surface area contributed by atoms with E-state index >= 15 is 0 Å². The molecule has 0 aromatic carbocycles. The maximum atomic E-state index is 10.4. The van der Waals surface area contributed by atoms with Gasteiger partial charge in [0.1, 0.15) is 6.61 Å². The lowest BCUT2D eigenvalue weighted by Crippen LogP contribution is -2.23. The highest BCUT2D eigenvalue weighted by atomic mass is 32.1. The number of hydrogen-bond donors (Lipinski definition) is 2. The second-order valence-corrected chi connectivity index (χ2v) is 4.92. The van der Waals surface area contributed by atoms with Gasteiger partial charge in [-0.15, -0.1) is 11.3 Å². The minimum Gasteiger partial charge on any atom is -0.370 e. The largest absolute Gasteiger partial charge is 0.370 e. The summed E-state index contributed by atoms with van der Waals surface area (Å²) in [4.78, 5) is 12.9. The van der Waals surface area contributed by atoms with Gasteiger partial charge in [0.15, 0.2) is 0 Å². The van der Waals surface area contributed by atoms with Crippen molar-refractivity contribution in [3.63, 3.8) is 0 Å². The predicted octanol–water partition coefficient (Wildman–Crippen LogP) is 0.867. The molecule has 0 fully saturated rings. The van der Waals surface area contributed by atoms with E-state index in [1.807, 2.05) is 13.8 Å². The Hall–Kier alpha value is -0.910. The summed E-state index contributed by atoms with van der Waals surface area (Å²) in [5.74, 6) is -0.472. The molecule has 1 aromatic heterocycles. The maximum Gasteiger partial charge on any atom is 0.243 e. The van der Waals surface area contributed by atoms with Gasteiger partial charge in [0, 0.05) is 9.75 Å². The van der Waals surface area contributed by atoms with E-state index in [0.29, 0.717) is 6.61 Å². The molecule has 0 aliphatic carbocycles. The molecule has 0 saturated heterocycles. The Kier molecular flexibility index (Phi) is 4.26. The maximum absolute atomic E-state index is 10.4. The van der Waals surface area contributed by atoms with E-state index in [1.54, 1.807) is 11.3 Å². The van der Waals surface area contributed by atoms with Gasteiger partial charge in [-0.3, -0.25) is 4.79 Å². The fourth-order valence-electron chi connectivity index (χ4n) is 1.39. The number of ether oxygens (including phenoxy) is 1. The van der Waals surface area contributed by atoms with Crippen molar-refractivity contribution in [2.45, 2.75) is 19.9 Å². The molecule has 4 N–H and O–H groups in total. The van der Waals surface area contributed by atoms with E-state index in [4.69, 9.17) is 16.2 Å². The summed E-state index contributed by atoms with van der Waals surface area (Å²) in [6.45, 7) is 4.31. The van der Waals surface area contributed by atoms with Crippen LogP contribution in [0.4, 0.5) is 0 Å². The Balaban J connectivity index is 2.50. The lowest BCUT2D eigenvalue weighted by Gasteiger charge is -2.11. The van der Waals surface area contributed by atoms with Crippen LogP contribution in [-0.4, -0.2) is 19.1 Å². The van der Waals surface area contributed by atoms with Gasteiger partial charge in [0.05, 0.1) is 12.6 Å². The molecule has 1 heterocycles. The van der Waals surface area contributed by atoms with Gasteiger partial charge in [-0.1, -0.05) is 0 Å². The fraction of sp³-hybridized carbons (Fsp3) is 0.500. The first-order chi connectivity index (χ1) is 7.00. The first-order valence-corrected chi connectivity index (χ1v) is 5.51. The third-order valence-corrected chi connectivity index (χ3v) is 3.00. The quantitative estimate of drug-likeness (QED) is 0.784. The van der Waals surface area contributed by atoms with Gasteiger partial charge in [0.2, 0.25) is 5.91 Å². The number of hydrogen-bond acceptors (Lipinski definition) is 4. The molecule has 0 aliphatic rings. The van der Waals surface area contributed by atoms with Gasteiger partial charge in [0.25, 0.3) is 0 Å². The Morgan fingerprint density at radius 3 is 2.73 bits per heavy atom. The topological polar surface area (TPSA) is 78.3 Å².